The molecule has 0 saturated carbocycles. The van der Waals surface area contributed by atoms with Gasteiger partial charge in [-0.15, -0.1) is 11.3 Å². The summed E-state index contributed by atoms with van der Waals surface area (Å²) in [6.45, 7) is 16.7. The van der Waals surface area contributed by atoms with Crippen LogP contribution in [0.1, 0.15) is 50.2 Å². The highest BCUT2D eigenvalue weighted by atomic mass is 32.1. The minimum atomic E-state index is 0.279. The third-order valence-corrected chi connectivity index (χ3v) is 5.01. The van der Waals surface area contributed by atoms with Crippen LogP contribution in [0.3, 0.4) is 0 Å². The summed E-state index contributed by atoms with van der Waals surface area (Å²) in [5.41, 5.74) is 1.47. The maximum atomic E-state index is 4.70. The lowest BCUT2D eigenvalue weighted by Crippen LogP contribution is -2.40. The third kappa shape index (κ3) is 4.06. The van der Waals surface area contributed by atoms with Crippen molar-refractivity contribution in [1.29, 1.82) is 0 Å². The predicted molar refractivity (Wildman–Crippen MR) is 81.4 cm³/mol. The first-order valence-corrected chi connectivity index (χ1v) is 7.72. The van der Waals surface area contributed by atoms with Gasteiger partial charge in [0.1, 0.15) is 0 Å². The van der Waals surface area contributed by atoms with Gasteiger partial charge < -0.3 is 5.32 Å². The van der Waals surface area contributed by atoms with Crippen molar-refractivity contribution in [1.82, 2.24) is 10.3 Å². The van der Waals surface area contributed by atoms with Crippen LogP contribution in [0.2, 0.25) is 0 Å². The number of hydrogen-bond acceptors (Lipinski definition) is 3. The molecule has 104 valence electrons. The first kappa shape index (κ1) is 15.6. The summed E-state index contributed by atoms with van der Waals surface area (Å²) < 4.78 is 0. The molecule has 1 rings (SSSR count). The normalized spacial score (nSPS) is 15.4. The minimum absolute atomic E-state index is 0.279. The molecule has 1 atom stereocenters. The van der Waals surface area contributed by atoms with E-state index in [4.69, 9.17) is 4.98 Å². The quantitative estimate of drug-likeness (QED) is 0.844. The Labute approximate surface area is 116 Å². The van der Waals surface area contributed by atoms with Crippen molar-refractivity contribution in [3.8, 4) is 0 Å². The number of nitrogens with zero attached hydrogens (tertiary/aromatic N) is 1. The average Bonchev–Trinajstić information content (AvgIpc) is 2.54. The number of hydrogen-bond donors (Lipinski definition) is 1. The predicted octanol–water partition coefficient (Wildman–Crippen LogP) is 3.96. The summed E-state index contributed by atoms with van der Waals surface area (Å²) in [6.07, 6.45) is 1.07. The van der Waals surface area contributed by atoms with E-state index >= 15 is 0 Å². The number of aryl methyl sites for hydroxylation is 2. The minimum Gasteiger partial charge on any atom is -0.314 e. The highest BCUT2D eigenvalue weighted by molar-refractivity contribution is 7.11. The second kappa shape index (κ2) is 6.16. The Balaban J connectivity index is 2.78. The standard InChI is InChI=1S/C15H28N2S/c1-10(2)15(7,9-16-11(3)4)8-14-17-12(5)13(6)18-14/h10-11,16H,8-9H2,1-7H3. The SMILES string of the molecule is Cc1nc(CC(C)(CNC(C)C)C(C)C)sc1C. The molecule has 0 aromatic carbocycles. The molecule has 2 nitrogen and oxygen atoms in total. The van der Waals surface area contributed by atoms with Crippen LogP contribution in [0.4, 0.5) is 0 Å². The molecule has 1 unspecified atom stereocenters. The highest BCUT2D eigenvalue weighted by Gasteiger charge is 2.30. The largest absolute Gasteiger partial charge is 0.314 e. The molecule has 0 radical (unpaired) electrons. The van der Waals surface area contributed by atoms with Crippen LogP contribution in [-0.4, -0.2) is 17.6 Å². The van der Waals surface area contributed by atoms with Gasteiger partial charge in [0, 0.05) is 23.9 Å². The molecule has 0 amide bonds. The Morgan fingerprint density at radius 3 is 2.22 bits per heavy atom. The molecule has 0 aliphatic carbocycles. The maximum absolute atomic E-state index is 4.70. The molecule has 0 fully saturated rings. The summed E-state index contributed by atoms with van der Waals surface area (Å²) in [4.78, 5) is 6.05. The van der Waals surface area contributed by atoms with E-state index in [0.717, 1.165) is 13.0 Å². The van der Waals surface area contributed by atoms with E-state index in [2.05, 4.69) is 53.8 Å². The fourth-order valence-electron chi connectivity index (χ4n) is 1.87. The Morgan fingerprint density at radius 2 is 1.83 bits per heavy atom. The summed E-state index contributed by atoms with van der Waals surface area (Å²) >= 11 is 1.85. The zero-order chi connectivity index (χ0) is 13.9. The van der Waals surface area contributed by atoms with Gasteiger partial charge in [0.2, 0.25) is 0 Å². The van der Waals surface area contributed by atoms with Gasteiger partial charge in [-0.05, 0) is 25.2 Å². The zero-order valence-electron chi connectivity index (χ0n) is 12.9. The molecule has 0 spiro atoms. The highest BCUT2D eigenvalue weighted by Crippen LogP contribution is 2.32. The molecule has 0 aliphatic heterocycles. The number of aromatic nitrogens is 1. The van der Waals surface area contributed by atoms with Crippen molar-refractivity contribution in [2.45, 2.75) is 60.9 Å². The van der Waals surface area contributed by atoms with Gasteiger partial charge in [-0.25, -0.2) is 4.98 Å². The fraction of sp³-hybridized carbons (Fsp3) is 0.800. The second-order valence-electron chi connectivity index (χ2n) is 6.27. The molecule has 1 heterocycles. The number of thiazole rings is 1. The average molecular weight is 268 g/mol. The summed E-state index contributed by atoms with van der Waals surface area (Å²) in [5, 5.41) is 4.87. The second-order valence-corrected chi connectivity index (χ2v) is 7.56. The third-order valence-electron chi connectivity index (χ3n) is 3.94. The van der Waals surface area contributed by atoms with Gasteiger partial charge in [-0.3, -0.25) is 0 Å². The van der Waals surface area contributed by atoms with Crippen molar-refractivity contribution >= 4 is 11.3 Å². The summed E-state index contributed by atoms with van der Waals surface area (Å²) in [6, 6.07) is 0.544. The number of nitrogens with one attached hydrogen (secondary N) is 1. The zero-order valence-corrected chi connectivity index (χ0v) is 13.7. The van der Waals surface area contributed by atoms with Crippen LogP contribution >= 0.6 is 11.3 Å². The van der Waals surface area contributed by atoms with E-state index in [1.807, 2.05) is 11.3 Å². The van der Waals surface area contributed by atoms with E-state index in [0.29, 0.717) is 12.0 Å². The first-order chi connectivity index (χ1) is 8.24. The van der Waals surface area contributed by atoms with Crippen LogP contribution in [0.15, 0.2) is 0 Å². The van der Waals surface area contributed by atoms with E-state index in [1.165, 1.54) is 15.6 Å². The monoisotopic (exact) mass is 268 g/mol. The molecule has 0 aliphatic rings. The maximum Gasteiger partial charge on any atom is 0.0936 e. The van der Waals surface area contributed by atoms with Gasteiger partial charge in [-0.1, -0.05) is 34.6 Å². The first-order valence-electron chi connectivity index (χ1n) is 6.91. The van der Waals surface area contributed by atoms with Gasteiger partial charge in [0.05, 0.1) is 10.7 Å². The Morgan fingerprint density at radius 1 is 1.22 bits per heavy atom. The Kier molecular flexibility index (Phi) is 5.35. The molecular formula is C15H28N2S. The van der Waals surface area contributed by atoms with Crippen molar-refractivity contribution in [3.63, 3.8) is 0 Å². The Hall–Kier alpha value is -0.410. The lowest BCUT2D eigenvalue weighted by Gasteiger charge is -2.34. The molecular weight excluding hydrogens is 240 g/mol. The fourth-order valence-corrected chi connectivity index (χ4v) is 3.00. The molecule has 1 aromatic rings. The van der Waals surface area contributed by atoms with E-state index < -0.39 is 0 Å². The molecule has 0 saturated heterocycles. The summed E-state index contributed by atoms with van der Waals surface area (Å²) in [7, 11) is 0. The van der Waals surface area contributed by atoms with E-state index in [1.54, 1.807) is 0 Å². The molecule has 18 heavy (non-hydrogen) atoms. The van der Waals surface area contributed by atoms with Crippen molar-refractivity contribution < 1.29 is 0 Å². The molecule has 1 N–H and O–H groups in total. The van der Waals surface area contributed by atoms with Crippen LogP contribution in [0.5, 0.6) is 0 Å². The lowest BCUT2D eigenvalue weighted by atomic mass is 9.76. The molecule has 1 aromatic heterocycles. The van der Waals surface area contributed by atoms with Crippen molar-refractivity contribution in [3.05, 3.63) is 15.6 Å². The van der Waals surface area contributed by atoms with Crippen LogP contribution in [-0.2, 0) is 6.42 Å². The van der Waals surface area contributed by atoms with Crippen LogP contribution < -0.4 is 5.32 Å². The Bertz CT molecular complexity index is 362. The smallest absolute Gasteiger partial charge is 0.0936 e. The van der Waals surface area contributed by atoms with Gasteiger partial charge >= 0.3 is 0 Å². The number of rotatable bonds is 6. The van der Waals surface area contributed by atoms with Gasteiger partial charge in [0.25, 0.3) is 0 Å². The molecule has 0 bridgehead atoms. The van der Waals surface area contributed by atoms with Crippen molar-refractivity contribution in [2.75, 3.05) is 6.54 Å². The summed E-state index contributed by atoms with van der Waals surface area (Å²) in [5.74, 6) is 0.647. The van der Waals surface area contributed by atoms with E-state index in [9.17, 15) is 0 Å². The van der Waals surface area contributed by atoms with Crippen LogP contribution in [0, 0.1) is 25.2 Å². The van der Waals surface area contributed by atoms with Crippen LogP contribution in [0.25, 0.3) is 0 Å². The topological polar surface area (TPSA) is 24.9 Å². The van der Waals surface area contributed by atoms with Gasteiger partial charge in [-0.2, -0.15) is 0 Å². The van der Waals surface area contributed by atoms with Gasteiger partial charge in [0.15, 0.2) is 0 Å². The molecule has 3 heteroatoms. The van der Waals surface area contributed by atoms with Crippen molar-refractivity contribution in [2.24, 2.45) is 11.3 Å². The lowest BCUT2D eigenvalue weighted by molar-refractivity contribution is 0.202. The van der Waals surface area contributed by atoms with E-state index in [-0.39, 0.29) is 5.41 Å².